The van der Waals surface area contributed by atoms with Crippen molar-refractivity contribution in [3.8, 4) is 0 Å². The maximum absolute atomic E-state index is 12.3. The van der Waals surface area contributed by atoms with Gasteiger partial charge < -0.3 is 10.1 Å². The van der Waals surface area contributed by atoms with E-state index >= 15 is 0 Å². The van der Waals surface area contributed by atoms with Crippen LogP contribution in [0.3, 0.4) is 0 Å². The molecule has 1 aromatic rings. The molecule has 1 N–H and O–H groups in total. The third-order valence-corrected chi connectivity index (χ3v) is 3.85. The van der Waals surface area contributed by atoms with Crippen molar-refractivity contribution in [3.05, 3.63) is 12.3 Å². The molecule has 5 nitrogen and oxygen atoms in total. The van der Waals surface area contributed by atoms with Crippen molar-refractivity contribution in [1.82, 2.24) is 9.78 Å². The number of carbonyl (C=O) groups is 1. The normalized spacial score (nSPS) is 17.9. The second-order valence-corrected chi connectivity index (χ2v) is 6.75. The molecular formula is C16H27N3O2. The molecule has 1 amide bonds. The summed E-state index contributed by atoms with van der Waals surface area (Å²) in [4.78, 5) is 12.3. The molecule has 5 heteroatoms. The lowest BCUT2D eigenvalue weighted by Crippen LogP contribution is -2.33. The second kappa shape index (κ2) is 6.60. The van der Waals surface area contributed by atoms with Crippen LogP contribution < -0.4 is 5.32 Å². The minimum Gasteiger partial charge on any atom is -0.365 e. The fourth-order valence-electron chi connectivity index (χ4n) is 2.57. The van der Waals surface area contributed by atoms with E-state index in [2.05, 4.69) is 31.2 Å². The van der Waals surface area contributed by atoms with Crippen molar-refractivity contribution >= 4 is 11.7 Å². The number of nitrogens with zero attached hydrogens (tertiary/aromatic N) is 2. The molecule has 0 spiro atoms. The summed E-state index contributed by atoms with van der Waals surface area (Å²) in [5, 5.41) is 7.26. The summed E-state index contributed by atoms with van der Waals surface area (Å²) in [6.45, 7) is 8.20. The molecule has 0 unspecified atom stereocenters. The number of carbonyl (C=O) groups excluding carboxylic acids is 1. The number of anilines is 1. The third-order valence-electron chi connectivity index (χ3n) is 3.85. The van der Waals surface area contributed by atoms with E-state index in [1.54, 1.807) is 0 Å². The molecule has 1 heterocycles. The summed E-state index contributed by atoms with van der Waals surface area (Å²) in [7, 11) is 0. The minimum atomic E-state index is -0.382. The van der Waals surface area contributed by atoms with Gasteiger partial charge in [-0.15, -0.1) is 0 Å². The number of hydrogen-bond donors (Lipinski definition) is 1. The number of rotatable bonds is 5. The van der Waals surface area contributed by atoms with Gasteiger partial charge in [0.2, 0.25) is 0 Å². The predicted molar refractivity (Wildman–Crippen MR) is 83.3 cm³/mol. The highest BCUT2D eigenvalue weighted by Gasteiger charge is 2.25. The fourth-order valence-corrected chi connectivity index (χ4v) is 2.57. The molecule has 0 radical (unpaired) electrons. The first-order chi connectivity index (χ1) is 9.90. The molecule has 0 bridgehead atoms. The summed E-state index contributed by atoms with van der Waals surface area (Å²) in [5.74, 6) is 0.493. The lowest BCUT2D eigenvalue weighted by atomic mass is 10.1. The second-order valence-electron chi connectivity index (χ2n) is 6.75. The van der Waals surface area contributed by atoms with Crippen LogP contribution in [-0.2, 0) is 15.1 Å². The van der Waals surface area contributed by atoms with E-state index in [-0.39, 0.29) is 23.7 Å². The Labute approximate surface area is 127 Å². The Morgan fingerprint density at radius 1 is 1.48 bits per heavy atom. The number of hydrogen-bond acceptors (Lipinski definition) is 3. The summed E-state index contributed by atoms with van der Waals surface area (Å²) in [6.07, 6.45) is 6.99. The van der Waals surface area contributed by atoms with Gasteiger partial charge in [0.25, 0.3) is 5.91 Å². The van der Waals surface area contributed by atoms with Gasteiger partial charge in [-0.3, -0.25) is 9.48 Å². The van der Waals surface area contributed by atoms with Gasteiger partial charge >= 0.3 is 0 Å². The molecule has 21 heavy (non-hydrogen) atoms. The van der Waals surface area contributed by atoms with Crippen LogP contribution in [-0.4, -0.2) is 27.9 Å². The van der Waals surface area contributed by atoms with Crippen molar-refractivity contribution in [2.45, 2.75) is 77.5 Å². The highest BCUT2D eigenvalue weighted by Crippen LogP contribution is 2.23. The van der Waals surface area contributed by atoms with Crippen LogP contribution >= 0.6 is 0 Å². The molecule has 1 saturated carbocycles. The van der Waals surface area contributed by atoms with E-state index < -0.39 is 0 Å². The number of nitrogens with one attached hydrogen (secondary N) is 1. The summed E-state index contributed by atoms with van der Waals surface area (Å²) >= 11 is 0. The Morgan fingerprint density at radius 2 is 2.14 bits per heavy atom. The summed E-state index contributed by atoms with van der Waals surface area (Å²) in [6, 6.07) is 1.82. The quantitative estimate of drug-likeness (QED) is 0.906. The maximum Gasteiger partial charge on any atom is 0.254 e. The van der Waals surface area contributed by atoms with Gasteiger partial charge in [-0.05, 0) is 40.0 Å². The van der Waals surface area contributed by atoms with E-state index in [1.165, 1.54) is 12.8 Å². The van der Waals surface area contributed by atoms with Crippen LogP contribution in [0.4, 0.5) is 5.82 Å². The summed E-state index contributed by atoms with van der Waals surface area (Å²) < 4.78 is 7.77. The molecular weight excluding hydrogens is 266 g/mol. The largest absolute Gasteiger partial charge is 0.365 e. The number of ether oxygens (including phenoxy) is 1. The molecule has 1 aliphatic carbocycles. The van der Waals surface area contributed by atoms with Crippen LogP contribution in [0.1, 0.15) is 59.8 Å². The van der Waals surface area contributed by atoms with Gasteiger partial charge in [-0.1, -0.05) is 19.8 Å². The smallest absolute Gasteiger partial charge is 0.254 e. The Hall–Kier alpha value is -1.36. The molecule has 1 aliphatic rings. The van der Waals surface area contributed by atoms with Crippen LogP contribution in [0.15, 0.2) is 12.3 Å². The molecule has 0 saturated heterocycles. The zero-order valence-corrected chi connectivity index (χ0v) is 13.6. The standard InChI is InChI=1S/C16H27N3O2/c1-5-13(21-12-8-6-7-9-12)15(20)17-14-10-11-19(18-14)16(2,3)4/h10-13H,5-9H2,1-4H3,(H,17,18,20)/t13-/m0/s1. The zero-order valence-electron chi connectivity index (χ0n) is 13.6. The molecule has 0 aliphatic heterocycles. The Balaban J connectivity index is 1.93. The van der Waals surface area contributed by atoms with Crippen molar-refractivity contribution < 1.29 is 9.53 Å². The van der Waals surface area contributed by atoms with Gasteiger partial charge in [0.05, 0.1) is 11.6 Å². The highest BCUT2D eigenvalue weighted by molar-refractivity contribution is 5.93. The van der Waals surface area contributed by atoms with Crippen LogP contribution in [0, 0.1) is 0 Å². The fraction of sp³-hybridized carbons (Fsp3) is 0.750. The maximum atomic E-state index is 12.3. The van der Waals surface area contributed by atoms with E-state index in [9.17, 15) is 4.79 Å². The molecule has 1 atom stereocenters. The number of amides is 1. The van der Waals surface area contributed by atoms with Gasteiger partial charge in [-0.2, -0.15) is 5.10 Å². The Kier molecular flexibility index (Phi) is 5.04. The first-order valence-corrected chi connectivity index (χ1v) is 7.92. The Bertz CT molecular complexity index is 470. The predicted octanol–water partition coefficient (Wildman–Crippen LogP) is 3.31. The van der Waals surface area contributed by atoms with Crippen molar-refractivity contribution in [1.29, 1.82) is 0 Å². The molecule has 2 rings (SSSR count). The first kappa shape index (κ1) is 16.0. The van der Waals surface area contributed by atoms with E-state index in [4.69, 9.17) is 4.74 Å². The molecule has 1 fully saturated rings. The van der Waals surface area contributed by atoms with Gasteiger partial charge in [0.1, 0.15) is 6.10 Å². The number of aromatic nitrogens is 2. The summed E-state index contributed by atoms with van der Waals surface area (Å²) in [5.41, 5.74) is -0.0898. The third kappa shape index (κ3) is 4.30. The first-order valence-electron chi connectivity index (χ1n) is 7.92. The monoisotopic (exact) mass is 293 g/mol. The van der Waals surface area contributed by atoms with Gasteiger partial charge in [0, 0.05) is 12.3 Å². The molecule has 1 aromatic heterocycles. The van der Waals surface area contributed by atoms with E-state index in [0.29, 0.717) is 12.2 Å². The van der Waals surface area contributed by atoms with Crippen LogP contribution in [0.25, 0.3) is 0 Å². The van der Waals surface area contributed by atoms with Crippen molar-refractivity contribution in [2.24, 2.45) is 0 Å². The highest BCUT2D eigenvalue weighted by atomic mass is 16.5. The lowest BCUT2D eigenvalue weighted by Gasteiger charge is -2.20. The van der Waals surface area contributed by atoms with Crippen molar-refractivity contribution in [2.75, 3.05) is 5.32 Å². The van der Waals surface area contributed by atoms with Crippen molar-refractivity contribution in [3.63, 3.8) is 0 Å². The molecule has 0 aromatic carbocycles. The van der Waals surface area contributed by atoms with E-state index in [1.807, 2.05) is 23.9 Å². The van der Waals surface area contributed by atoms with E-state index in [0.717, 1.165) is 12.8 Å². The lowest BCUT2D eigenvalue weighted by molar-refractivity contribution is -0.131. The SMILES string of the molecule is CC[C@H](OC1CCCC1)C(=O)Nc1ccn(C(C)(C)C)n1. The van der Waals surface area contributed by atoms with Crippen LogP contribution in [0.5, 0.6) is 0 Å². The average molecular weight is 293 g/mol. The molecule has 118 valence electrons. The zero-order chi connectivity index (χ0) is 15.5. The van der Waals surface area contributed by atoms with Gasteiger partial charge in [-0.25, -0.2) is 0 Å². The average Bonchev–Trinajstić information content (AvgIpc) is 3.05. The minimum absolute atomic E-state index is 0.0898. The topological polar surface area (TPSA) is 56.1 Å². The van der Waals surface area contributed by atoms with Gasteiger partial charge in [0.15, 0.2) is 5.82 Å². The Morgan fingerprint density at radius 3 is 2.67 bits per heavy atom. The van der Waals surface area contributed by atoms with Crippen LogP contribution in [0.2, 0.25) is 0 Å².